The monoisotopic (exact) mass is 262 g/mol. The molecule has 0 aliphatic carbocycles. The number of Topliss-reactive ketones (excluding diaryl/α,β-unsaturated/α-hetero) is 1. The number of hydrogen-bond donors (Lipinski definition) is 0. The maximum absolute atomic E-state index is 11.8. The summed E-state index contributed by atoms with van der Waals surface area (Å²) in [4.78, 5) is 10.8. The highest BCUT2D eigenvalue weighted by atomic mass is 35.5. The van der Waals surface area contributed by atoms with E-state index < -0.39 is 21.4 Å². The highest BCUT2D eigenvalue weighted by molar-refractivity contribution is 7.92. The summed E-state index contributed by atoms with van der Waals surface area (Å²) in [6, 6.07) is 4.25. The fraction of sp³-hybridized carbons (Fsp3) is 0.300. The number of carbonyl (C=O) groups excluding carboxylic acids is 1. The van der Waals surface area contributed by atoms with Crippen molar-refractivity contribution >= 4 is 27.2 Å². The molecule has 1 aromatic carbocycles. The van der Waals surface area contributed by atoms with Gasteiger partial charge in [0.15, 0.2) is 9.84 Å². The molecule has 0 spiro atoms. The van der Waals surface area contributed by atoms with Crippen molar-refractivity contribution in [1.82, 2.24) is 0 Å². The molecule has 0 aliphatic rings. The SMILES string of the molecule is COc1ccc(Cl)cc1S(=O)(=O)CC(C)=O. The molecule has 0 unspecified atom stereocenters. The van der Waals surface area contributed by atoms with Crippen LogP contribution in [0.15, 0.2) is 23.1 Å². The first-order chi connectivity index (χ1) is 7.36. The lowest BCUT2D eigenvalue weighted by Gasteiger charge is -2.08. The minimum Gasteiger partial charge on any atom is -0.495 e. The van der Waals surface area contributed by atoms with Crippen molar-refractivity contribution in [3.63, 3.8) is 0 Å². The summed E-state index contributed by atoms with van der Waals surface area (Å²) >= 11 is 5.71. The van der Waals surface area contributed by atoms with Gasteiger partial charge in [-0.25, -0.2) is 8.42 Å². The van der Waals surface area contributed by atoms with Crippen molar-refractivity contribution in [3.05, 3.63) is 23.2 Å². The summed E-state index contributed by atoms with van der Waals surface area (Å²) in [5.41, 5.74) is 0. The molecule has 0 N–H and O–H groups in total. The average molecular weight is 263 g/mol. The van der Waals surface area contributed by atoms with Crippen LogP contribution in [-0.2, 0) is 14.6 Å². The van der Waals surface area contributed by atoms with Crippen LogP contribution in [0.25, 0.3) is 0 Å². The lowest BCUT2D eigenvalue weighted by atomic mass is 10.3. The number of benzene rings is 1. The summed E-state index contributed by atoms with van der Waals surface area (Å²) in [5, 5.41) is 0.280. The van der Waals surface area contributed by atoms with Crippen molar-refractivity contribution in [3.8, 4) is 5.75 Å². The molecule has 16 heavy (non-hydrogen) atoms. The van der Waals surface area contributed by atoms with E-state index in [0.29, 0.717) is 0 Å². The van der Waals surface area contributed by atoms with Gasteiger partial charge in [0.25, 0.3) is 0 Å². The number of ether oxygens (including phenoxy) is 1. The van der Waals surface area contributed by atoms with Gasteiger partial charge in [-0.15, -0.1) is 0 Å². The number of carbonyl (C=O) groups is 1. The van der Waals surface area contributed by atoms with Gasteiger partial charge in [0.05, 0.1) is 7.11 Å². The van der Waals surface area contributed by atoms with E-state index in [1.54, 1.807) is 0 Å². The number of ketones is 1. The van der Waals surface area contributed by atoms with E-state index in [1.165, 1.54) is 32.2 Å². The lowest BCUT2D eigenvalue weighted by Crippen LogP contribution is -2.14. The van der Waals surface area contributed by atoms with Crippen LogP contribution in [0.3, 0.4) is 0 Å². The predicted molar refractivity (Wildman–Crippen MR) is 60.7 cm³/mol. The number of sulfone groups is 1. The summed E-state index contributed by atoms with van der Waals surface area (Å²) in [5.74, 6) is -0.795. The molecule has 0 aliphatic heterocycles. The topological polar surface area (TPSA) is 60.4 Å². The normalized spacial score (nSPS) is 11.2. The molecular weight excluding hydrogens is 252 g/mol. The van der Waals surface area contributed by atoms with E-state index in [1.807, 2.05) is 0 Å². The first-order valence-electron chi connectivity index (χ1n) is 4.42. The predicted octanol–water partition coefficient (Wildman–Crippen LogP) is 1.71. The van der Waals surface area contributed by atoms with Gasteiger partial charge in [-0.05, 0) is 25.1 Å². The van der Waals surface area contributed by atoms with Crippen molar-refractivity contribution < 1.29 is 17.9 Å². The maximum atomic E-state index is 11.8. The molecule has 1 rings (SSSR count). The third-order valence-corrected chi connectivity index (χ3v) is 3.86. The van der Waals surface area contributed by atoms with Crippen LogP contribution >= 0.6 is 11.6 Å². The summed E-state index contributed by atoms with van der Waals surface area (Å²) in [6.07, 6.45) is 0. The number of methoxy groups -OCH3 is 1. The van der Waals surface area contributed by atoms with Crippen LogP contribution in [0.5, 0.6) is 5.75 Å². The zero-order chi connectivity index (χ0) is 12.3. The van der Waals surface area contributed by atoms with Crippen molar-refractivity contribution in [1.29, 1.82) is 0 Å². The van der Waals surface area contributed by atoms with Gasteiger partial charge in [0.2, 0.25) is 0 Å². The van der Waals surface area contributed by atoms with Crippen LogP contribution in [0.1, 0.15) is 6.92 Å². The molecule has 88 valence electrons. The molecule has 0 saturated carbocycles. The minimum atomic E-state index is -3.68. The lowest BCUT2D eigenvalue weighted by molar-refractivity contribution is -0.114. The third-order valence-electron chi connectivity index (χ3n) is 1.85. The first kappa shape index (κ1) is 13.0. The third kappa shape index (κ3) is 2.96. The van der Waals surface area contributed by atoms with Gasteiger partial charge in [-0.2, -0.15) is 0 Å². The van der Waals surface area contributed by atoms with Crippen LogP contribution in [0.2, 0.25) is 5.02 Å². The highest BCUT2D eigenvalue weighted by Gasteiger charge is 2.21. The second-order valence-electron chi connectivity index (χ2n) is 3.26. The fourth-order valence-corrected chi connectivity index (χ4v) is 2.93. The van der Waals surface area contributed by atoms with Crippen LogP contribution < -0.4 is 4.74 Å². The number of halogens is 1. The Kier molecular flexibility index (Phi) is 3.93. The van der Waals surface area contributed by atoms with E-state index in [0.717, 1.165) is 0 Å². The Morgan fingerprint density at radius 3 is 2.56 bits per heavy atom. The van der Waals surface area contributed by atoms with Crippen molar-refractivity contribution in [2.75, 3.05) is 12.9 Å². The number of rotatable bonds is 4. The minimum absolute atomic E-state index is 0.0577. The fourth-order valence-electron chi connectivity index (χ4n) is 1.24. The molecule has 4 nitrogen and oxygen atoms in total. The molecule has 0 aromatic heterocycles. The van der Waals surface area contributed by atoms with Crippen molar-refractivity contribution in [2.45, 2.75) is 11.8 Å². The molecule has 6 heteroatoms. The van der Waals surface area contributed by atoms with Gasteiger partial charge in [-0.1, -0.05) is 11.6 Å². The van der Waals surface area contributed by atoms with Gasteiger partial charge in [0.1, 0.15) is 22.2 Å². The molecule has 0 amide bonds. The quantitative estimate of drug-likeness (QED) is 0.829. The summed E-state index contributed by atoms with van der Waals surface area (Å²) in [7, 11) is -2.33. The second-order valence-corrected chi connectivity index (χ2v) is 5.65. The molecular formula is C10H11ClO4S. The highest BCUT2D eigenvalue weighted by Crippen LogP contribution is 2.27. The van der Waals surface area contributed by atoms with E-state index in [9.17, 15) is 13.2 Å². The van der Waals surface area contributed by atoms with Crippen LogP contribution in [0, 0.1) is 0 Å². The Hall–Kier alpha value is -1.07. The van der Waals surface area contributed by atoms with E-state index in [4.69, 9.17) is 16.3 Å². The van der Waals surface area contributed by atoms with E-state index in [-0.39, 0.29) is 15.7 Å². The Morgan fingerprint density at radius 2 is 2.06 bits per heavy atom. The standard InChI is InChI=1S/C10H11ClO4S/c1-7(12)6-16(13,14)10-5-8(11)3-4-9(10)15-2/h3-5H,6H2,1-2H3. The Bertz CT molecular complexity index is 508. The average Bonchev–Trinajstić information content (AvgIpc) is 2.15. The largest absolute Gasteiger partial charge is 0.495 e. The van der Waals surface area contributed by atoms with Gasteiger partial charge < -0.3 is 4.74 Å². The summed E-state index contributed by atoms with van der Waals surface area (Å²) < 4.78 is 28.5. The molecule has 0 atom stereocenters. The Labute approximate surface area is 99.1 Å². The zero-order valence-corrected chi connectivity index (χ0v) is 10.4. The van der Waals surface area contributed by atoms with E-state index >= 15 is 0 Å². The van der Waals surface area contributed by atoms with Crippen LogP contribution in [-0.4, -0.2) is 27.1 Å². The molecule has 0 radical (unpaired) electrons. The molecule has 0 heterocycles. The maximum Gasteiger partial charge on any atom is 0.189 e. The van der Waals surface area contributed by atoms with Crippen molar-refractivity contribution in [2.24, 2.45) is 0 Å². The van der Waals surface area contributed by atoms with Crippen LogP contribution in [0.4, 0.5) is 0 Å². The zero-order valence-electron chi connectivity index (χ0n) is 8.86. The summed E-state index contributed by atoms with van der Waals surface area (Å²) in [6.45, 7) is 1.22. The molecule has 0 bridgehead atoms. The first-order valence-corrected chi connectivity index (χ1v) is 6.45. The second kappa shape index (κ2) is 4.84. The van der Waals surface area contributed by atoms with Gasteiger partial charge >= 0.3 is 0 Å². The Balaban J connectivity index is 3.31. The van der Waals surface area contributed by atoms with Gasteiger partial charge in [-0.3, -0.25) is 4.79 Å². The van der Waals surface area contributed by atoms with E-state index in [2.05, 4.69) is 0 Å². The van der Waals surface area contributed by atoms with Gasteiger partial charge in [0, 0.05) is 5.02 Å². The molecule has 0 saturated heterocycles. The Morgan fingerprint density at radius 1 is 1.44 bits per heavy atom. The molecule has 1 aromatic rings. The molecule has 0 fully saturated rings. The number of hydrogen-bond acceptors (Lipinski definition) is 4. The smallest absolute Gasteiger partial charge is 0.189 e.